The summed E-state index contributed by atoms with van der Waals surface area (Å²) in [5.41, 5.74) is 7.71. The molecule has 0 aromatic carbocycles. The molecule has 1 heterocycles. The molecule has 0 fully saturated rings. The fourth-order valence-corrected chi connectivity index (χ4v) is 1.81. The van der Waals surface area contributed by atoms with Gasteiger partial charge in [-0.1, -0.05) is 20.8 Å². The molecule has 1 unspecified atom stereocenters. The summed E-state index contributed by atoms with van der Waals surface area (Å²) in [4.78, 5) is 11.3. The molecule has 5 nitrogen and oxygen atoms in total. The number of nitrogens with two attached hydrogens (primary N) is 1. The quantitative estimate of drug-likeness (QED) is 0.776. The zero-order valence-corrected chi connectivity index (χ0v) is 10.9. The number of ether oxygens (including phenoxy) is 1. The highest BCUT2D eigenvalue weighted by Gasteiger charge is 2.26. The molecule has 0 aliphatic carbocycles. The third kappa shape index (κ3) is 3.30. The molecule has 0 saturated heterocycles. The number of methoxy groups -OCH3 is 1. The van der Waals surface area contributed by atoms with Gasteiger partial charge in [-0.05, 0) is 12.1 Å². The number of H-pyrrole nitrogens is 1. The van der Waals surface area contributed by atoms with Crippen LogP contribution in [-0.2, 0) is 14.9 Å². The summed E-state index contributed by atoms with van der Waals surface area (Å²) < 4.78 is 4.68. The smallest absolute Gasteiger partial charge is 0.306 e. The maximum Gasteiger partial charge on any atom is 0.306 e. The molecule has 96 valence electrons. The Hall–Kier alpha value is -1.36. The lowest BCUT2D eigenvalue weighted by Crippen LogP contribution is -2.22. The van der Waals surface area contributed by atoms with Gasteiger partial charge in [-0.3, -0.25) is 9.89 Å². The van der Waals surface area contributed by atoms with Gasteiger partial charge in [-0.2, -0.15) is 5.10 Å². The van der Waals surface area contributed by atoms with Gasteiger partial charge in [0.05, 0.1) is 19.7 Å². The molecule has 0 aliphatic rings. The Morgan fingerprint density at radius 3 is 2.71 bits per heavy atom. The Kier molecular flexibility index (Phi) is 4.28. The lowest BCUT2D eigenvalue weighted by Gasteiger charge is -2.22. The number of carbonyl (C=O) groups is 1. The minimum absolute atomic E-state index is 0.0459. The Balaban J connectivity index is 2.97. The molecular weight excluding hydrogens is 218 g/mol. The van der Waals surface area contributed by atoms with Crippen molar-refractivity contribution in [2.45, 2.75) is 38.5 Å². The van der Waals surface area contributed by atoms with Crippen LogP contribution < -0.4 is 5.73 Å². The van der Waals surface area contributed by atoms with Crippen LogP contribution in [0.15, 0.2) is 6.20 Å². The number of aromatic nitrogens is 2. The molecule has 5 heteroatoms. The van der Waals surface area contributed by atoms with Gasteiger partial charge in [-0.15, -0.1) is 0 Å². The fourth-order valence-electron chi connectivity index (χ4n) is 1.81. The summed E-state index contributed by atoms with van der Waals surface area (Å²) >= 11 is 0. The first kappa shape index (κ1) is 13.7. The summed E-state index contributed by atoms with van der Waals surface area (Å²) in [5.74, 6) is -0.295. The number of nitrogens with one attached hydrogen (secondary N) is 1. The first-order valence-corrected chi connectivity index (χ1v) is 5.70. The zero-order valence-electron chi connectivity index (χ0n) is 10.9. The van der Waals surface area contributed by atoms with E-state index in [9.17, 15) is 4.79 Å². The van der Waals surface area contributed by atoms with E-state index in [1.807, 2.05) is 0 Å². The van der Waals surface area contributed by atoms with E-state index in [2.05, 4.69) is 35.7 Å². The van der Waals surface area contributed by atoms with Crippen LogP contribution in [0, 0.1) is 0 Å². The van der Waals surface area contributed by atoms with Gasteiger partial charge >= 0.3 is 5.97 Å². The van der Waals surface area contributed by atoms with E-state index in [0.717, 1.165) is 11.3 Å². The van der Waals surface area contributed by atoms with Crippen molar-refractivity contribution in [3.8, 4) is 0 Å². The van der Waals surface area contributed by atoms with Crippen LogP contribution >= 0.6 is 0 Å². The SMILES string of the molecule is COC(=O)CC(CN)c1cn[nH]c1C(C)(C)C. The summed E-state index contributed by atoms with van der Waals surface area (Å²) in [6.45, 7) is 6.68. The third-order valence-corrected chi connectivity index (χ3v) is 2.78. The highest BCUT2D eigenvalue weighted by molar-refractivity contribution is 5.70. The predicted molar refractivity (Wildman–Crippen MR) is 65.7 cm³/mol. The molecule has 0 saturated carbocycles. The number of hydrogen-bond donors (Lipinski definition) is 2. The summed E-state index contributed by atoms with van der Waals surface area (Å²) in [7, 11) is 1.38. The highest BCUT2D eigenvalue weighted by atomic mass is 16.5. The minimum Gasteiger partial charge on any atom is -0.469 e. The average Bonchev–Trinajstić information content (AvgIpc) is 2.73. The summed E-state index contributed by atoms with van der Waals surface area (Å²) in [5, 5.41) is 7.05. The molecule has 0 amide bonds. The van der Waals surface area contributed by atoms with Crippen molar-refractivity contribution in [3.63, 3.8) is 0 Å². The molecule has 3 N–H and O–H groups in total. The number of hydrogen-bond acceptors (Lipinski definition) is 4. The maximum absolute atomic E-state index is 11.3. The first-order valence-electron chi connectivity index (χ1n) is 5.70. The van der Waals surface area contributed by atoms with E-state index < -0.39 is 0 Å². The second kappa shape index (κ2) is 5.31. The zero-order chi connectivity index (χ0) is 13.1. The van der Waals surface area contributed by atoms with Crippen LogP contribution in [-0.4, -0.2) is 29.8 Å². The minimum atomic E-state index is -0.249. The van der Waals surface area contributed by atoms with Crippen molar-refractivity contribution in [3.05, 3.63) is 17.5 Å². The molecule has 1 rings (SSSR count). The Labute approximate surface area is 102 Å². The average molecular weight is 239 g/mol. The van der Waals surface area contributed by atoms with Crippen molar-refractivity contribution >= 4 is 5.97 Å². The first-order chi connectivity index (χ1) is 7.90. The Morgan fingerprint density at radius 2 is 2.24 bits per heavy atom. The van der Waals surface area contributed by atoms with Crippen molar-refractivity contribution in [1.82, 2.24) is 10.2 Å². The van der Waals surface area contributed by atoms with Crippen molar-refractivity contribution in [2.24, 2.45) is 5.73 Å². The van der Waals surface area contributed by atoms with Crippen LogP contribution in [0.4, 0.5) is 0 Å². The van der Waals surface area contributed by atoms with Crippen LogP contribution in [0.5, 0.6) is 0 Å². The van der Waals surface area contributed by atoms with Gasteiger partial charge in [0.25, 0.3) is 0 Å². The van der Waals surface area contributed by atoms with Crippen molar-refractivity contribution in [2.75, 3.05) is 13.7 Å². The number of rotatable bonds is 4. The largest absolute Gasteiger partial charge is 0.469 e. The molecule has 1 aromatic rings. The van der Waals surface area contributed by atoms with Crippen LogP contribution in [0.1, 0.15) is 44.4 Å². The predicted octanol–water partition coefficient (Wildman–Crippen LogP) is 1.31. The number of carbonyl (C=O) groups excluding carboxylic acids is 1. The Morgan fingerprint density at radius 1 is 1.59 bits per heavy atom. The second-order valence-electron chi connectivity index (χ2n) is 5.16. The molecule has 1 aromatic heterocycles. The van der Waals surface area contributed by atoms with E-state index >= 15 is 0 Å². The highest BCUT2D eigenvalue weighted by Crippen LogP contribution is 2.29. The summed E-state index contributed by atoms with van der Waals surface area (Å²) in [6.07, 6.45) is 2.04. The molecule has 0 aliphatic heterocycles. The van der Waals surface area contributed by atoms with Crippen LogP contribution in [0.25, 0.3) is 0 Å². The molecular formula is C12H21N3O2. The van der Waals surface area contributed by atoms with Gasteiger partial charge in [0.1, 0.15) is 0 Å². The van der Waals surface area contributed by atoms with E-state index in [1.54, 1.807) is 6.20 Å². The monoisotopic (exact) mass is 239 g/mol. The molecule has 0 spiro atoms. The van der Waals surface area contributed by atoms with Crippen molar-refractivity contribution in [1.29, 1.82) is 0 Å². The van der Waals surface area contributed by atoms with Gasteiger partial charge in [0.15, 0.2) is 0 Å². The normalized spacial score (nSPS) is 13.5. The number of esters is 1. The maximum atomic E-state index is 11.3. The second-order valence-corrected chi connectivity index (χ2v) is 5.16. The standard InChI is InChI=1S/C12H21N3O2/c1-12(2,3)11-9(7-14-15-11)8(6-13)5-10(16)17-4/h7-8H,5-6,13H2,1-4H3,(H,14,15). The van der Waals surface area contributed by atoms with Gasteiger partial charge in [0, 0.05) is 17.0 Å². The van der Waals surface area contributed by atoms with Gasteiger partial charge in [0.2, 0.25) is 0 Å². The van der Waals surface area contributed by atoms with Gasteiger partial charge < -0.3 is 10.5 Å². The van der Waals surface area contributed by atoms with Gasteiger partial charge in [-0.25, -0.2) is 0 Å². The number of aromatic amines is 1. The van der Waals surface area contributed by atoms with E-state index in [4.69, 9.17) is 5.73 Å². The molecule has 0 bridgehead atoms. The third-order valence-electron chi connectivity index (χ3n) is 2.78. The summed E-state index contributed by atoms with van der Waals surface area (Å²) in [6, 6.07) is 0. The van der Waals surface area contributed by atoms with E-state index in [0.29, 0.717) is 6.54 Å². The molecule has 17 heavy (non-hydrogen) atoms. The van der Waals surface area contributed by atoms with Crippen molar-refractivity contribution < 1.29 is 9.53 Å². The van der Waals surface area contributed by atoms with Crippen LogP contribution in [0.3, 0.4) is 0 Å². The lowest BCUT2D eigenvalue weighted by molar-refractivity contribution is -0.141. The van der Waals surface area contributed by atoms with E-state index in [1.165, 1.54) is 7.11 Å². The number of nitrogens with zero attached hydrogens (tertiary/aromatic N) is 1. The molecule has 0 radical (unpaired) electrons. The lowest BCUT2D eigenvalue weighted by atomic mass is 9.84. The van der Waals surface area contributed by atoms with E-state index in [-0.39, 0.29) is 23.7 Å². The fraction of sp³-hybridized carbons (Fsp3) is 0.667. The van der Waals surface area contributed by atoms with Crippen LogP contribution in [0.2, 0.25) is 0 Å². The molecule has 1 atom stereocenters. The topological polar surface area (TPSA) is 81.0 Å². The Bertz CT molecular complexity index is 379.